The molecule has 0 radical (unpaired) electrons. The second-order valence-electron chi connectivity index (χ2n) is 3.87. The zero-order valence-electron chi connectivity index (χ0n) is 8.99. The number of rotatable bonds is 1. The topological polar surface area (TPSA) is 34.1 Å². The van der Waals surface area contributed by atoms with Crippen molar-refractivity contribution in [1.82, 2.24) is 0 Å². The molecule has 0 amide bonds. The van der Waals surface area contributed by atoms with E-state index in [-0.39, 0.29) is 4.90 Å². The van der Waals surface area contributed by atoms with E-state index in [1.807, 2.05) is 25.1 Å². The van der Waals surface area contributed by atoms with Crippen LogP contribution >= 0.6 is 10.7 Å². The van der Waals surface area contributed by atoms with Crippen molar-refractivity contribution in [3.05, 3.63) is 41.5 Å². The summed E-state index contributed by atoms with van der Waals surface area (Å²) in [6.45, 7) is 3.71. The third-order valence-electron chi connectivity index (χ3n) is 2.57. The van der Waals surface area contributed by atoms with E-state index >= 15 is 0 Å². The Morgan fingerprint density at radius 3 is 2.38 bits per heavy atom. The van der Waals surface area contributed by atoms with Gasteiger partial charge in [0.1, 0.15) is 0 Å². The Kier molecular flexibility index (Phi) is 2.68. The summed E-state index contributed by atoms with van der Waals surface area (Å²) in [4.78, 5) is 0.215. The van der Waals surface area contributed by atoms with Crippen LogP contribution in [0.15, 0.2) is 35.2 Å². The maximum Gasteiger partial charge on any atom is 0.262 e. The predicted octanol–water partition coefficient (Wildman–Crippen LogP) is 3.38. The Morgan fingerprint density at radius 1 is 1.06 bits per heavy atom. The molecular formula is C12H11ClO2S. The number of hydrogen-bond donors (Lipinski definition) is 0. The van der Waals surface area contributed by atoms with Crippen LogP contribution in [0.2, 0.25) is 0 Å². The van der Waals surface area contributed by atoms with Crippen LogP contribution in [0.25, 0.3) is 10.8 Å². The van der Waals surface area contributed by atoms with E-state index in [1.165, 1.54) is 0 Å². The molecule has 0 spiro atoms. The Morgan fingerprint density at radius 2 is 1.75 bits per heavy atom. The summed E-state index contributed by atoms with van der Waals surface area (Å²) in [6, 6.07) is 9.31. The molecular weight excluding hydrogens is 244 g/mol. The van der Waals surface area contributed by atoms with Gasteiger partial charge in [-0.1, -0.05) is 35.9 Å². The van der Waals surface area contributed by atoms with Crippen LogP contribution in [-0.4, -0.2) is 8.42 Å². The van der Waals surface area contributed by atoms with Crippen LogP contribution in [0.3, 0.4) is 0 Å². The molecule has 2 rings (SSSR count). The lowest BCUT2D eigenvalue weighted by Gasteiger charge is -2.07. The fourth-order valence-electron chi connectivity index (χ4n) is 1.85. The van der Waals surface area contributed by atoms with Gasteiger partial charge in [0, 0.05) is 16.1 Å². The van der Waals surface area contributed by atoms with Crippen molar-refractivity contribution >= 4 is 30.5 Å². The van der Waals surface area contributed by atoms with Gasteiger partial charge in [-0.05, 0) is 24.8 Å². The summed E-state index contributed by atoms with van der Waals surface area (Å²) in [7, 11) is 1.75. The molecule has 84 valence electrons. The highest BCUT2D eigenvalue weighted by atomic mass is 35.7. The average molecular weight is 255 g/mol. The summed E-state index contributed by atoms with van der Waals surface area (Å²) in [5.41, 5.74) is 1.76. The van der Waals surface area contributed by atoms with E-state index in [2.05, 4.69) is 0 Å². The first-order valence-electron chi connectivity index (χ1n) is 4.84. The van der Waals surface area contributed by atoms with Crippen LogP contribution in [0, 0.1) is 13.8 Å². The minimum atomic E-state index is -3.70. The lowest BCUT2D eigenvalue weighted by atomic mass is 10.1. The van der Waals surface area contributed by atoms with Gasteiger partial charge >= 0.3 is 0 Å². The van der Waals surface area contributed by atoms with Gasteiger partial charge < -0.3 is 0 Å². The molecule has 0 unspecified atom stereocenters. The van der Waals surface area contributed by atoms with Crippen molar-refractivity contribution in [3.63, 3.8) is 0 Å². The molecule has 0 fully saturated rings. The van der Waals surface area contributed by atoms with E-state index in [1.54, 1.807) is 19.1 Å². The Hall–Kier alpha value is -1.06. The molecule has 2 aromatic carbocycles. The highest BCUT2D eigenvalue weighted by Gasteiger charge is 2.16. The van der Waals surface area contributed by atoms with E-state index in [4.69, 9.17) is 10.7 Å². The summed E-state index contributed by atoms with van der Waals surface area (Å²) in [6.07, 6.45) is 0. The first-order chi connectivity index (χ1) is 7.39. The maximum absolute atomic E-state index is 11.5. The van der Waals surface area contributed by atoms with Gasteiger partial charge in [-0.3, -0.25) is 0 Å². The Balaban J connectivity index is 2.97. The van der Waals surface area contributed by atoms with Gasteiger partial charge in [0.05, 0.1) is 4.90 Å². The van der Waals surface area contributed by atoms with Crippen molar-refractivity contribution in [2.75, 3.05) is 0 Å². The largest absolute Gasteiger partial charge is 0.262 e. The SMILES string of the molecule is Cc1ccc2c(S(=O)(=O)Cl)c(C)ccc2c1. The molecule has 4 heteroatoms. The molecule has 2 aromatic rings. The van der Waals surface area contributed by atoms with Gasteiger partial charge in [0.2, 0.25) is 0 Å². The zero-order chi connectivity index (χ0) is 11.9. The average Bonchev–Trinajstić information content (AvgIpc) is 2.16. The van der Waals surface area contributed by atoms with Gasteiger partial charge in [-0.25, -0.2) is 8.42 Å². The molecule has 0 N–H and O–H groups in total. The molecule has 0 bridgehead atoms. The highest BCUT2D eigenvalue weighted by Crippen LogP contribution is 2.29. The van der Waals surface area contributed by atoms with Gasteiger partial charge in [-0.15, -0.1) is 0 Å². The van der Waals surface area contributed by atoms with Crippen molar-refractivity contribution in [1.29, 1.82) is 0 Å². The summed E-state index contributed by atoms with van der Waals surface area (Å²) in [5.74, 6) is 0. The predicted molar refractivity (Wildman–Crippen MR) is 66.5 cm³/mol. The van der Waals surface area contributed by atoms with E-state index in [0.717, 1.165) is 10.9 Å². The van der Waals surface area contributed by atoms with E-state index < -0.39 is 9.05 Å². The first-order valence-corrected chi connectivity index (χ1v) is 7.15. The van der Waals surface area contributed by atoms with Gasteiger partial charge in [-0.2, -0.15) is 0 Å². The Labute approximate surface area is 99.3 Å². The molecule has 0 aromatic heterocycles. The number of benzene rings is 2. The van der Waals surface area contributed by atoms with Crippen molar-refractivity contribution < 1.29 is 8.42 Å². The minimum absolute atomic E-state index is 0.215. The standard InChI is InChI=1S/C12H11ClO2S/c1-8-3-6-11-10(7-8)5-4-9(2)12(11)16(13,14)15/h3-7H,1-2H3. The van der Waals surface area contributed by atoms with E-state index in [0.29, 0.717) is 10.9 Å². The number of halogens is 1. The monoisotopic (exact) mass is 254 g/mol. The molecule has 0 aliphatic heterocycles. The fraction of sp³-hybridized carbons (Fsp3) is 0.167. The quantitative estimate of drug-likeness (QED) is 0.731. The van der Waals surface area contributed by atoms with Gasteiger partial charge in [0.15, 0.2) is 0 Å². The van der Waals surface area contributed by atoms with Crippen molar-refractivity contribution in [3.8, 4) is 0 Å². The first kappa shape index (κ1) is 11.4. The number of aryl methyl sites for hydroxylation is 2. The molecule has 0 saturated carbocycles. The normalized spacial score (nSPS) is 11.9. The smallest absolute Gasteiger partial charge is 0.207 e. The summed E-state index contributed by atoms with van der Waals surface area (Å²) >= 11 is 0. The molecule has 2 nitrogen and oxygen atoms in total. The molecule has 0 aliphatic carbocycles. The molecule has 0 heterocycles. The summed E-state index contributed by atoms with van der Waals surface area (Å²) < 4.78 is 23.0. The summed E-state index contributed by atoms with van der Waals surface area (Å²) in [5, 5.41) is 1.57. The lowest BCUT2D eigenvalue weighted by molar-refractivity contribution is 0.610. The second-order valence-corrected chi connectivity index (χ2v) is 6.38. The van der Waals surface area contributed by atoms with E-state index in [9.17, 15) is 8.42 Å². The molecule has 16 heavy (non-hydrogen) atoms. The third kappa shape index (κ3) is 1.93. The second kappa shape index (κ2) is 3.75. The van der Waals surface area contributed by atoms with Crippen molar-refractivity contribution in [2.45, 2.75) is 18.7 Å². The van der Waals surface area contributed by atoms with Crippen molar-refractivity contribution in [2.24, 2.45) is 0 Å². The minimum Gasteiger partial charge on any atom is -0.207 e. The Bertz CT molecular complexity index is 660. The molecule has 0 atom stereocenters. The van der Waals surface area contributed by atoms with Gasteiger partial charge in [0.25, 0.3) is 9.05 Å². The highest BCUT2D eigenvalue weighted by molar-refractivity contribution is 8.14. The number of fused-ring (bicyclic) bond motifs is 1. The van der Waals surface area contributed by atoms with Crippen LogP contribution in [-0.2, 0) is 9.05 Å². The molecule has 0 saturated heterocycles. The van der Waals surface area contributed by atoms with Crippen LogP contribution in [0.1, 0.15) is 11.1 Å². The third-order valence-corrected chi connectivity index (χ3v) is 4.06. The number of hydrogen-bond acceptors (Lipinski definition) is 2. The van der Waals surface area contributed by atoms with Crippen LogP contribution < -0.4 is 0 Å². The maximum atomic E-state index is 11.5. The fourth-order valence-corrected chi connectivity index (χ4v) is 3.37. The van der Waals surface area contributed by atoms with Crippen LogP contribution in [0.4, 0.5) is 0 Å². The lowest BCUT2D eigenvalue weighted by Crippen LogP contribution is -1.96. The zero-order valence-corrected chi connectivity index (χ0v) is 10.6. The van der Waals surface area contributed by atoms with Crippen LogP contribution in [0.5, 0.6) is 0 Å². The molecule has 0 aliphatic rings.